The van der Waals surface area contributed by atoms with Crippen molar-refractivity contribution in [3.05, 3.63) is 58.6 Å². The molecule has 0 radical (unpaired) electrons. The van der Waals surface area contributed by atoms with Crippen LogP contribution in [0.3, 0.4) is 0 Å². The van der Waals surface area contributed by atoms with Gasteiger partial charge in [0.2, 0.25) is 0 Å². The number of halogens is 1. The van der Waals surface area contributed by atoms with Crippen molar-refractivity contribution in [2.75, 3.05) is 0 Å². The molecule has 0 bridgehead atoms. The van der Waals surface area contributed by atoms with Gasteiger partial charge >= 0.3 is 0 Å². The first-order chi connectivity index (χ1) is 8.72. The minimum Gasteiger partial charge on any atom is -0.457 e. The van der Waals surface area contributed by atoms with E-state index in [4.69, 9.17) is 16.3 Å². The highest BCUT2D eigenvalue weighted by atomic mass is 35.5. The molecule has 0 spiro atoms. The lowest BCUT2D eigenvalue weighted by molar-refractivity contribution is 0.112. The largest absolute Gasteiger partial charge is 0.457 e. The Morgan fingerprint density at radius 1 is 1.17 bits per heavy atom. The summed E-state index contributed by atoms with van der Waals surface area (Å²) in [6, 6.07) is 12.6. The summed E-state index contributed by atoms with van der Waals surface area (Å²) in [5, 5.41) is 0.742. The Balaban J connectivity index is 2.25. The summed E-state index contributed by atoms with van der Waals surface area (Å²) in [6.45, 7) is 2.04. The molecule has 18 heavy (non-hydrogen) atoms. The molecule has 0 aliphatic carbocycles. The second kappa shape index (κ2) is 5.69. The Labute approximate surface area is 111 Å². The van der Waals surface area contributed by atoms with Gasteiger partial charge in [0.25, 0.3) is 0 Å². The van der Waals surface area contributed by atoms with Gasteiger partial charge in [-0.25, -0.2) is 0 Å². The molecule has 0 fully saturated rings. The summed E-state index contributed by atoms with van der Waals surface area (Å²) in [5.74, 6) is 1.36. The van der Waals surface area contributed by atoms with E-state index in [0.29, 0.717) is 11.3 Å². The fourth-order valence-electron chi connectivity index (χ4n) is 1.67. The van der Waals surface area contributed by atoms with Crippen molar-refractivity contribution in [1.82, 2.24) is 0 Å². The van der Waals surface area contributed by atoms with Crippen LogP contribution in [0.1, 0.15) is 22.8 Å². The van der Waals surface area contributed by atoms with E-state index >= 15 is 0 Å². The highest BCUT2D eigenvalue weighted by Gasteiger charge is 2.03. The Kier molecular flexibility index (Phi) is 4.00. The second-order valence-electron chi connectivity index (χ2n) is 3.90. The van der Waals surface area contributed by atoms with Crippen LogP contribution in [-0.4, -0.2) is 6.29 Å². The molecule has 3 heteroatoms. The number of hydrogen-bond donors (Lipinski definition) is 0. The molecular formula is C15H13ClO2. The molecule has 0 aliphatic rings. The summed E-state index contributed by atoms with van der Waals surface area (Å²) >= 11 is 6.05. The van der Waals surface area contributed by atoms with Crippen molar-refractivity contribution in [2.45, 2.75) is 13.3 Å². The Morgan fingerprint density at radius 2 is 1.94 bits per heavy atom. The van der Waals surface area contributed by atoms with Gasteiger partial charge in [-0.3, -0.25) is 4.79 Å². The lowest BCUT2D eigenvalue weighted by Crippen LogP contribution is -1.89. The Morgan fingerprint density at radius 3 is 2.67 bits per heavy atom. The van der Waals surface area contributed by atoms with Gasteiger partial charge < -0.3 is 4.74 Å². The van der Waals surface area contributed by atoms with Gasteiger partial charge in [-0.2, -0.15) is 0 Å². The highest BCUT2D eigenvalue weighted by Crippen LogP contribution is 2.26. The molecule has 0 heterocycles. The van der Waals surface area contributed by atoms with E-state index in [1.165, 1.54) is 0 Å². The van der Waals surface area contributed by atoms with Crippen molar-refractivity contribution in [1.29, 1.82) is 0 Å². The van der Waals surface area contributed by atoms with E-state index < -0.39 is 0 Å². The van der Waals surface area contributed by atoms with Crippen LogP contribution in [0.15, 0.2) is 42.5 Å². The molecule has 0 atom stereocenters. The number of aldehydes is 1. The zero-order valence-electron chi connectivity index (χ0n) is 10.0. The van der Waals surface area contributed by atoms with Gasteiger partial charge in [-0.15, -0.1) is 0 Å². The van der Waals surface area contributed by atoms with E-state index in [9.17, 15) is 4.79 Å². The van der Waals surface area contributed by atoms with Gasteiger partial charge in [-0.1, -0.05) is 30.7 Å². The van der Waals surface area contributed by atoms with Crippen molar-refractivity contribution in [2.24, 2.45) is 0 Å². The zero-order valence-corrected chi connectivity index (χ0v) is 10.8. The third kappa shape index (κ3) is 2.90. The maximum Gasteiger partial charge on any atom is 0.150 e. The number of carbonyl (C=O) groups is 1. The highest BCUT2D eigenvalue weighted by molar-refractivity contribution is 6.31. The molecule has 92 valence electrons. The van der Waals surface area contributed by atoms with Crippen LogP contribution in [0, 0.1) is 0 Å². The molecule has 2 nitrogen and oxygen atoms in total. The van der Waals surface area contributed by atoms with Gasteiger partial charge in [-0.05, 0) is 42.3 Å². The van der Waals surface area contributed by atoms with Gasteiger partial charge in [0.05, 0.1) is 0 Å². The fraction of sp³-hybridized carbons (Fsp3) is 0.133. The lowest BCUT2D eigenvalue weighted by atomic mass is 10.1. The molecule has 0 aliphatic heterocycles. The first-order valence-corrected chi connectivity index (χ1v) is 6.12. The smallest absolute Gasteiger partial charge is 0.150 e. The maximum atomic E-state index is 10.7. The van der Waals surface area contributed by atoms with Crippen LogP contribution >= 0.6 is 11.6 Å². The molecule has 0 saturated carbocycles. The normalized spacial score (nSPS) is 10.1. The average molecular weight is 261 g/mol. The predicted octanol–water partition coefficient (Wildman–Crippen LogP) is 4.51. The second-order valence-corrected chi connectivity index (χ2v) is 4.31. The fourth-order valence-corrected chi connectivity index (χ4v) is 1.92. The summed E-state index contributed by atoms with van der Waals surface area (Å²) in [4.78, 5) is 10.7. The maximum absolute atomic E-state index is 10.7. The van der Waals surface area contributed by atoms with Crippen molar-refractivity contribution >= 4 is 17.9 Å². The van der Waals surface area contributed by atoms with Crippen molar-refractivity contribution in [3.63, 3.8) is 0 Å². The van der Waals surface area contributed by atoms with Gasteiger partial charge in [0.1, 0.15) is 17.8 Å². The molecule has 2 aromatic carbocycles. The molecule has 2 rings (SSSR count). The van der Waals surface area contributed by atoms with E-state index in [1.807, 2.05) is 31.2 Å². The minimum atomic E-state index is 0.595. The van der Waals surface area contributed by atoms with Crippen molar-refractivity contribution in [3.8, 4) is 11.5 Å². The zero-order chi connectivity index (χ0) is 13.0. The van der Waals surface area contributed by atoms with E-state index in [-0.39, 0.29) is 0 Å². The first kappa shape index (κ1) is 12.7. The molecule has 0 amide bonds. The summed E-state index contributed by atoms with van der Waals surface area (Å²) in [7, 11) is 0. The number of aryl methyl sites for hydroxylation is 1. The van der Waals surface area contributed by atoms with Crippen LogP contribution < -0.4 is 4.74 Å². The molecule has 0 saturated heterocycles. The summed E-state index contributed by atoms with van der Waals surface area (Å²) in [6.07, 6.45) is 1.65. The molecule has 2 aromatic rings. The van der Waals surface area contributed by atoms with Crippen LogP contribution in [-0.2, 0) is 6.42 Å². The number of hydrogen-bond acceptors (Lipinski definition) is 2. The standard InChI is InChI=1S/C15H13ClO2/c1-2-12-9-14(6-7-15(12)16)18-13-5-3-4-11(8-13)10-17/h3-10H,2H2,1H3. The van der Waals surface area contributed by atoms with Crippen LogP contribution in [0.25, 0.3) is 0 Å². The monoisotopic (exact) mass is 260 g/mol. The van der Waals surface area contributed by atoms with E-state index in [2.05, 4.69) is 0 Å². The molecular weight excluding hydrogens is 248 g/mol. The molecule has 0 unspecified atom stereocenters. The number of carbonyl (C=O) groups excluding carboxylic acids is 1. The molecule has 0 N–H and O–H groups in total. The van der Waals surface area contributed by atoms with E-state index in [0.717, 1.165) is 29.0 Å². The van der Waals surface area contributed by atoms with E-state index in [1.54, 1.807) is 18.2 Å². The number of rotatable bonds is 4. The van der Waals surface area contributed by atoms with Crippen LogP contribution in [0.5, 0.6) is 11.5 Å². The summed E-state index contributed by atoms with van der Waals surface area (Å²) in [5.41, 5.74) is 1.64. The SMILES string of the molecule is CCc1cc(Oc2cccc(C=O)c2)ccc1Cl. The third-order valence-corrected chi connectivity index (χ3v) is 3.00. The quantitative estimate of drug-likeness (QED) is 0.756. The van der Waals surface area contributed by atoms with Gasteiger partial charge in [0, 0.05) is 10.6 Å². The number of benzene rings is 2. The Bertz CT molecular complexity index is 564. The summed E-state index contributed by atoms with van der Waals surface area (Å²) < 4.78 is 5.70. The van der Waals surface area contributed by atoms with Crippen molar-refractivity contribution < 1.29 is 9.53 Å². The van der Waals surface area contributed by atoms with Crippen LogP contribution in [0.4, 0.5) is 0 Å². The average Bonchev–Trinajstić information content (AvgIpc) is 2.41. The lowest BCUT2D eigenvalue weighted by Gasteiger charge is -2.08. The van der Waals surface area contributed by atoms with Crippen LogP contribution in [0.2, 0.25) is 5.02 Å². The third-order valence-electron chi connectivity index (χ3n) is 2.63. The minimum absolute atomic E-state index is 0.595. The number of ether oxygens (including phenoxy) is 1. The predicted molar refractivity (Wildman–Crippen MR) is 72.7 cm³/mol. The van der Waals surface area contributed by atoms with Gasteiger partial charge in [0.15, 0.2) is 0 Å². The first-order valence-electron chi connectivity index (χ1n) is 5.74. The topological polar surface area (TPSA) is 26.3 Å². The Hall–Kier alpha value is -1.80. The molecule has 0 aromatic heterocycles.